The number of ether oxygens (including phenoxy) is 1. The van der Waals surface area contributed by atoms with Gasteiger partial charge in [-0.1, -0.05) is 11.6 Å². The molecular weight excluding hydrogens is 301 g/mol. The molecule has 0 aromatic heterocycles. The van der Waals surface area contributed by atoms with Gasteiger partial charge in [0.2, 0.25) is 0 Å². The van der Waals surface area contributed by atoms with E-state index in [0.717, 1.165) is 6.07 Å². The molecule has 2 rings (SSSR count). The molecule has 0 saturated carbocycles. The Labute approximate surface area is 124 Å². The third-order valence-electron chi connectivity index (χ3n) is 2.74. The minimum absolute atomic E-state index is 0.0116. The highest BCUT2D eigenvalue weighted by Crippen LogP contribution is 2.25. The molecule has 3 N–H and O–H groups in total. The van der Waals surface area contributed by atoms with Crippen LogP contribution >= 0.6 is 11.6 Å². The Kier molecular flexibility index (Phi) is 4.56. The molecule has 0 aliphatic rings. The van der Waals surface area contributed by atoms with E-state index in [2.05, 4.69) is 5.43 Å². The molecule has 2 aromatic carbocycles. The molecule has 6 nitrogen and oxygen atoms in total. The van der Waals surface area contributed by atoms with Crippen molar-refractivity contribution in [3.63, 3.8) is 0 Å². The molecule has 110 valence electrons. The van der Waals surface area contributed by atoms with E-state index in [9.17, 15) is 14.5 Å². The van der Waals surface area contributed by atoms with Crippen LogP contribution in [0.3, 0.4) is 0 Å². The van der Waals surface area contributed by atoms with Crippen LogP contribution in [0.25, 0.3) is 0 Å². The summed E-state index contributed by atoms with van der Waals surface area (Å²) in [5.41, 5.74) is 3.29. The number of nitrogen functional groups attached to an aromatic ring is 1. The van der Waals surface area contributed by atoms with Gasteiger partial charge >= 0.3 is 0 Å². The first-order valence-electron chi connectivity index (χ1n) is 5.83. The van der Waals surface area contributed by atoms with Crippen LogP contribution in [0.5, 0.6) is 5.75 Å². The molecule has 0 aliphatic heterocycles. The molecule has 0 heterocycles. The molecule has 0 bridgehead atoms. The van der Waals surface area contributed by atoms with Gasteiger partial charge in [-0.15, -0.1) is 0 Å². The van der Waals surface area contributed by atoms with Gasteiger partial charge < -0.3 is 10.2 Å². The van der Waals surface area contributed by atoms with Crippen LogP contribution < -0.4 is 16.0 Å². The molecule has 0 atom stereocenters. The Morgan fingerprint density at radius 2 is 2.10 bits per heavy atom. The largest absolute Gasteiger partial charge is 0.489 e. The molecule has 0 amide bonds. The SMILES string of the molecule is NNc1ccc([N+](=O)[O-])cc1COc1ccc(Cl)c(F)c1. The van der Waals surface area contributed by atoms with Gasteiger partial charge in [-0.2, -0.15) is 0 Å². The van der Waals surface area contributed by atoms with E-state index < -0.39 is 10.7 Å². The third kappa shape index (κ3) is 3.59. The maximum atomic E-state index is 13.3. The summed E-state index contributed by atoms with van der Waals surface area (Å²) in [7, 11) is 0. The molecule has 8 heteroatoms. The number of non-ortho nitro benzene ring substituents is 1. The first-order valence-corrected chi connectivity index (χ1v) is 6.21. The monoisotopic (exact) mass is 311 g/mol. The van der Waals surface area contributed by atoms with E-state index in [1.54, 1.807) is 0 Å². The van der Waals surface area contributed by atoms with Crippen molar-refractivity contribution in [1.29, 1.82) is 0 Å². The highest BCUT2D eigenvalue weighted by Gasteiger charge is 2.11. The molecule has 0 fully saturated rings. The van der Waals surface area contributed by atoms with Gasteiger partial charge in [-0.3, -0.25) is 16.0 Å². The van der Waals surface area contributed by atoms with E-state index in [0.29, 0.717) is 11.3 Å². The van der Waals surface area contributed by atoms with Crippen molar-refractivity contribution >= 4 is 23.0 Å². The van der Waals surface area contributed by atoms with Crippen LogP contribution in [0.2, 0.25) is 5.02 Å². The fourth-order valence-corrected chi connectivity index (χ4v) is 1.80. The number of halogens is 2. The van der Waals surface area contributed by atoms with E-state index in [-0.39, 0.29) is 23.1 Å². The molecule has 2 aromatic rings. The molecule has 0 saturated heterocycles. The normalized spacial score (nSPS) is 10.2. The zero-order chi connectivity index (χ0) is 15.4. The van der Waals surface area contributed by atoms with Crippen LogP contribution in [0.15, 0.2) is 36.4 Å². The first-order chi connectivity index (χ1) is 10.0. The van der Waals surface area contributed by atoms with Crippen molar-refractivity contribution in [3.05, 3.63) is 62.9 Å². The number of hydrogen-bond acceptors (Lipinski definition) is 5. The van der Waals surface area contributed by atoms with Crippen molar-refractivity contribution in [1.82, 2.24) is 0 Å². The van der Waals surface area contributed by atoms with Crippen molar-refractivity contribution in [2.45, 2.75) is 6.61 Å². The topological polar surface area (TPSA) is 90.4 Å². The van der Waals surface area contributed by atoms with Crippen molar-refractivity contribution in [2.75, 3.05) is 5.43 Å². The van der Waals surface area contributed by atoms with E-state index in [4.69, 9.17) is 22.2 Å². The van der Waals surface area contributed by atoms with Crippen molar-refractivity contribution in [3.8, 4) is 5.75 Å². The summed E-state index contributed by atoms with van der Waals surface area (Å²) < 4.78 is 18.7. The van der Waals surface area contributed by atoms with Gasteiger partial charge in [-0.05, 0) is 18.2 Å². The maximum Gasteiger partial charge on any atom is 0.269 e. The van der Waals surface area contributed by atoms with Gasteiger partial charge in [0, 0.05) is 23.8 Å². The van der Waals surface area contributed by atoms with Gasteiger partial charge in [0.25, 0.3) is 5.69 Å². The lowest BCUT2D eigenvalue weighted by molar-refractivity contribution is -0.384. The summed E-state index contributed by atoms with van der Waals surface area (Å²) >= 11 is 5.57. The molecule has 0 aliphatic carbocycles. The van der Waals surface area contributed by atoms with Crippen molar-refractivity contribution in [2.24, 2.45) is 5.84 Å². The highest BCUT2D eigenvalue weighted by molar-refractivity contribution is 6.30. The second kappa shape index (κ2) is 6.38. The predicted octanol–water partition coefficient (Wildman–Crippen LogP) is 3.25. The number of hydrogen-bond donors (Lipinski definition) is 2. The maximum absolute atomic E-state index is 13.3. The number of rotatable bonds is 5. The zero-order valence-electron chi connectivity index (χ0n) is 10.7. The standard InChI is InChI=1S/C13H11ClFN3O3/c14-11-3-2-10(6-12(11)15)21-7-8-5-9(18(19)20)1-4-13(8)17-16/h1-6,17H,7,16H2. The second-order valence-electron chi connectivity index (χ2n) is 4.11. The summed E-state index contributed by atoms with van der Waals surface area (Å²) in [6.45, 7) is -0.0116. The zero-order valence-corrected chi connectivity index (χ0v) is 11.4. The lowest BCUT2D eigenvalue weighted by atomic mass is 10.1. The fourth-order valence-electron chi connectivity index (χ4n) is 1.68. The number of nitrogens with zero attached hydrogens (tertiary/aromatic N) is 1. The average Bonchev–Trinajstić information content (AvgIpc) is 2.48. The Bertz CT molecular complexity index is 682. The summed E-state index contributed by atoms with van der Waals surface area (Å²) in [4.78, 5) is 10.2. The molecule has 0 radical (unpaired) electrons. The number of nitro groups is 1. The number of hydrazine groups is 1. The Hall–Kier alpha value is -2.38. The molecule has 0 spiro atoms. The number of nitrogens with two attached hydrogens (primary N) is 1. The van der Waals surface area contributed by atoms with Crippen LogP contribution in [0, 0.1) is 15.9 Å². The third-order valence-corrected chi connectivity index (χ3v) is 3.05. The molecular formula is C13H11ClFN3O3. The highest BCUT2D eigenvalue weighted by atomic mass is 35.5. The van der Waals surface area contributed by atoms with Gasteiger partial charge in [0.15, 0.2) is 0 Å². The van der Waals surface area contributed by atoms with Gasteiger partial charge in [-0.25, -0.2) is 4.39 Å². The average molecular weight is 312 g/mol. The van der Waals surface area contributed by atoms with Crippen LogP contribution in [0.1, 0.15) is 5.56 Å². The minimum atomic E-state index is -0.606. The molecule has 21 heavy (non-hydrogen) atoms. The smallest absolute Gasteiger partial charge is 0.269 e. The number of benzene rings is 2. The first kappa shape index (κ1) is 15.0. The lowest BCUT2D eigenvalue weighted by Crippen LogP contribution is -2.10. The summed E-state index contributed by atoms with van der Waals surface area (Å²) in [6.07, 6.45) is 0. The van der Waals surface area contributed by atoms with Crippen LogP contribution in [-0.4, -0.2) is 4.92 Å². The van der Waals surface area contributed by atoms with E-state index in [1.165, 1.54) is 30.3 Å². The quantitative estimate of drug-likeness (QED) is 0.502. The van der Waals surface area contributed by atoms with Gasteiger partial charge in [0.05, 0.1) is 15.6 Å². The van der Waals surface area contributed by atoms with E-state index >= 15 is 0 Å². The minimum Gasteiger partial charge on any atom is -0.489 e. The summed E-state index contributed by atoms with van der Waals surface area (Å²) in [5.74, 6) is 4.99. The number of anilines is 1. The van der Waals surface area contributed by atoms with Crippen molar-refractivity contribution < 1.29 is 14.1 Å². The second-order valence-corrected chi connectivity index (χ2v) is 4.51. The fraction of sp³-hybridized carbons (Fsp3) is 0.0769. The number of nitro benzene ring substituents is 1. The van der Waals surface area contributed by atoms with E-state index in [1.807, 2.05) is 0 Å². The van der Waals surface area contributed by atoms with Crippen LogP contribution in [0.4, 0.5) is 15.8 Å². The lowest BCUT2D eigenvalue weighted by Gasteiger charge is -2.11. The van der Waals surface area contributed by atoms with Gasteiger partial charge in [0.1, 0.15) is 18.2 Å². The summed E-state index contributed by atoms with van der Waals surface area (Å²) in [5, 5.41) is 10.7. The van der Waals surface area contributed by atoms with Crippen LogP contribution in [-0.2, 0) is 6.61 Å². The molecule has 0 unspecified atom stereocenters. The number of nitrogens with one attached hydrogen (secondary N) is 1. The Balaban J connectivity index is 2.19. The predicted molar refractivity (Wildman–Crippen MR) is 76.6 cm³/mol. The Morgan fingerprint density at radius 3 is 2.71 bits per heavy atom. The Morgan fingerprint density at radius 1 is 1.33 bits per heavy atom. The summed E-state index contributed by atoms with van der Waals surface area (Å²) in [6, 6.07) is 8.12.